The van der Waals surface area contributed by atoms with Crippen LogP contribution in [0.2, 0.25) is 4.34 Å². The zero-order chi connectivity index (χ0) is 16.1. The summed E-state index contributed by atoms with van der Waals surface area (Å²) < 4.78 is 5.49. The number of rotatable bonds is 6. The topological polar surface area (TPSA) is 68.3 Å². The van der Waals surface area contributed by atoms with E-state index in [1.54, 1.807) is 19.9 Å². The zero-order valence-electron chi connectivity index (χ0n) is 12.1. The highest BCUT2D eigenvalue weighted by Crippen LogP contribution is 2.34. The lowest BCUT2D eigenvalue weighted by Crippen LogP contribution is -2.26. The van der Waals surface area contributed by atoms with Gasteiger partial charge in [0.2, 0.25) is 0 Å². The van der Waals surface area contributed by atoms with Crippen LogP contribution in [0.25, 0.3) is 9.88 Å². The van der Waals surface area contributed by atoms with Crippen molar-refractivity contribution < 1.29 is 14.3 Å². The average molecular weight is 359 g/mol. The lowest BCUT2D eigenvalue weighted by molar-refractivity contribution is -0.142. The first-order valence-electron chi connectivity index (χ1n) is 6.68. The number of hydrogen-bond donors (Lipinski definition) is 1. The summed E-state index contributed by atoms with van der Waals surface area (Å²) in [5.41, 5.74) is 0.665. The lowest BCUT2D eigenvalue weighted by Gasteiger charge is -2.03. The first-order chi connectivity index (χ1) is 10.5. The van der Waals surface area contributed by atoms with Crippen molar-refractivity contribution in [3.63, 3.8) is 0 Å². The standard InChI is InChI=1S/C14H15ClN2O3S2/c1-3-20-11(18)6-7-16-13(19)12-8(2)17-14(22-12)9-4-5-10(15)21-9/h4-5H,3,6-7H2,1-2H3,(H,16,19). The van der Waals surface area contributed by atoms with Crippen LogP contribution in [0.15, 0.2) is 12.1 Å². The molecular formula is C14H15ClN2O3S2. The van der Waals surface area contributed by atoms with E-state index in [2.05, 4.69) is 10.3 Å². The molecule has 0 radical (unpaired) electrons. The van der Waals surface area contributed by atoms with Crippen molar-refractivity contribution in [2.45, 2.75) is 20.3 Å². The Morgan fingerprint density at radius 1 is 1.36 bits per heavy atom. The fraction of sp³-hybridized carbons (Fsp3) is 0.357. The number of thiophene rings is 1. The van der Waals surface area contributed by atoms with E-state index in [9.17, 15) is 9.59 Å². The maximum Gasteiger partial charge on any atom is 0.307 e. The second-order valence-corrected chi connectivity index (χ2v) is 7.06. The molecule has 0 bridgehead atoms. The van der Waals surface area contributed by atoms with Crippen molar-refractivity contribution in [3.05, 3.63) is 27.0 Å². The third-order valence-corrected chi connectivity index (χ3v) is 5.26. The number of aromatic nitrogens is 1. The second-order valence-electron chi connectivity index (χ2n) is 4.35. The molecule has 5 nitrogen and oxygen atoms in total. The number of thiazole rings is 1. The molecule has 0 unspecified atom stereocenters. The molecule has 2 aromatic rings. The number of ether oxygens (including phenoxy) is 1. The van der Waals surface area contributed by atoms with Gasteiger partial charge in [0.05, 0.1) is 27.9 Å². The summed E-state index contributed by atoms with van der Waals surface area (Å²) in [4.78, 5) is 29.2. The van der Waals surface area contributed by atoms with Crippen LogP contribution in [0.3, 0.4) is 0 Å². The molecule has 0 aliphatic heterocycles. The smallest absolute Gasteiger partial charge is 0.307 e. The fourth-order valence-electron chi connectivity index (χ4n) is 1.73. The van der Waals surface area contributed by atoms with Crippen molar-refractivity contribution in [1.82, 2.24) is 10.3 Å². The van der Waals surface area contributed by atoms with E-state index in [0.29, 0.717) is 21.5 Å². The molecule has 0 saturated heterocycles. The maximum absolute atomic E-state index is 12.1. The number of esters is 1. The van der Waals surface area contributed by atoms with Crippen molar-refractivity contribution in [2.75, 3.05) is 13.2 Å². The molecule has 8 heteroatoms. The van der Waals surface area contributed by atoms with E-state index in [1.165, 1.54) is 22.7 Å². The number of nitrogens with one attached hydrogen (secondary N) is 1. The summed E-state index contributed by atoms with van der Waals surface area (Å²) in [7, 11) is 0. The van der Waals surface area contributed by atoms with Crippen molar-refractivity contribution >= 4 is 46.2 Å². The molecule has 0 aliphatic rings. The minimum Gasteiger partial charge on any atom is -0.466 e. The minimum atomic E-state index is -0.322. The molecule has 2 aromatic heterocycles. The van der Waals surface area contributed by atoms with Gasteiger partial charge in [-0.2, -0.15) is 0 Å². The van der Waals surface area contributed by atoms with Gasteiger partial charge in [0.15, 0.2) is 0 Å². The molecule has 118 valence electrons. The number of carbonyl (C=O) groups excluding carboxylic acids is 2. The molecule has 0 atom stereocenters. The summed E-state index contributed by atoms with van der Waals surface area (Å²) >= 11 is 8.65. The summed E-state index contributed by atoms with van der Waals surface area (Å²) in [6, 6.07) is 3.69. The number of carbonyl (C=O) groups is 2. The summed E-state index contributed by atoms with van der Waals surface area (Å²) in [6.07, 6.45) is 0.158. The first kappa shape index (κ1) is 16.9. The highest BCUT2D eigenvalue weighted by Gasteiger charge is 2.17. The molecule has 2 heterocycles. The van der Waals surface area contributed by atoms with E-state index in [-0.39, 0.29) is 24.8 Å². The summed E-state index contributed by atoms with van der Waals surface area (Å²) in [5, 5.41) is 3.48. The Labute approximate surface area is 141 Å². The van der Waals surface area contributed by atoms with Gasteiger partial charge in [-0.1, -0.05) is 11.6 Å². The van der Waals surface area contributed by atoms with Gasteiger partial charge in [-0.3, -0.25) is 9.59 Å². The number of amides is 1. The average Bonchev–Trinajstić information content (AvgIpc) is 3.05. The van der Waals surface area contributed by atoms with E-state index >= 15 is 0 Å². The predicted octanol–water partition coefficient (Wildman–Crippen LogP) is 3.52. The van der Waals surface area contributed by atoms with Crippen LogP contribution in [-0.4, -0.2) is 30.0 Å². The second kappa shape index (κ2) is 7.71. The Morgan fingerprint density at radius 3 is 2.77 bits per heavy atom. The largest absolute Gasteiger partial charge is 0.466 e. The third-order valence-electron chi connectivity index (χ3n) is 2.71. The van der Waals surface area contributed by atoms with Gasteiger partial charge in [0.1, 0.15) is 9.88 Å². The monoisotopic (exact) mass is 358 g/mol. The Kier molecular flexibility index (Phi) is 5.93. The van der Waals surface area contributed by atoms with E-state index in [4.69, 9.17) is 16.3 Å². The van der Waals surface area contributed by atoms with Crippen LogP contribution < -0.4 is 5.32 Å². The van der Waals surface area contributed by atoms with Crippen LogP contribution in [0.5, 0.6) is 0 Å². The van der Waals surface area contributed by atoms with Gasteiger partial charge in [-0.25, -0.2) is 4.98 Å². The Hall–Kier alpha value is -1.44. The Bertz CT molecular complexity index is 681. The minimum absolute atomic E-state index is 0.158. The van der Waals surface area contributed by atoms with Gasteiger partial charge in [-0.15, -0.1) is 22.7 Å². The highest BCUT2D eigenvalue weighted by atomic mass is 35.5. The Balaban J connectivity index is 1.98. The number of nitrogens with zero attached hydrogens (tertiary/aromatic N) is 1. The quantitative estimate of drug-likeness (QED) is 0.802. The molecule has 22 heavy (non-hydrogen) atoms. The fourth-order valence-corrected chi connectivity index (χ4v) is 3.81. The molecule has 0 aliphatic carbocycles. The molecule has 1 N–H and O–H groups in total. The van der Waals surface area contributed by atoms with E-state index in [1.807, 2.05) is 6.07 Å². The van der Waals surface area contributed by atoms with Gasteiger partial charge < -0.3 is 10.1 Å². The maximum atomic E-state index is 12.1. The van der Waals surface area contributed by atoms with Crippen LogP contribution in [0.4, 0.5) is 0 Å². The van der Waals surface area contributed by atoms with Crippen LogP contribution >= 0.6 is 34.3 Å². The molecule has 2 rings (SSSR count). The van der Waals surface area contributed by atoms with Crippen molar-refractivity contribution in [2.24, 2.45) is 0 Å². The van der Waals surface area contributed by atoms with Gasteiger partial charge >= 0.3 is 5.97 Å². The number of hydrogen-bond acceptors (Lipinski definition) is 6. The van der Waals surface area contributed by atoms with Crippen LogP contribution in [0.1, 0.15) is 28.7 Å². The third kappa shape index (κ3) is 4.28. The molecule has 0 spiro atoms. The van der Waals surface area contributed by atoms with Gasteiger partial charge in [0, 0.05) is 6.54 Å². The van der Waals surface area contributed by atoms with Gasteiger partial charge in [0.25, 0.3) is 5.91 Å². The zero-order valence-corrected chi connectivity index (χ0v) is 14.5. The van der Waals surface area contributed by atoms with Crippen LogP contribution in [0, 0.1) is 6.92 Å². The predicted molar refractivity (Wildman–Crippen MR) is 88.8 cm³/mol. The molecular weight excluding hydrogens is 344 g/mol. The number of aryl methyl sites for hydroxylation is 1. The molecule has 1 amide bonds. The lowest BCUT2D eigenvalue weighted by atomic mass is 10.3. The van der Waals surface area contributed by atoms with Crippen molar-refractivity contribution in [1.29, 1.82) is 0 Å². The first-order valence-corrected chi connectivity index (χ1v) is 8.69. The highest BCUT2D eigenvalue weighted by molar-refractivity contribution is 7.24. The molecule has 0 aromatic carbocycles. The van der Waals surface area contributed by atoms with E-state index < -0.39 is 0 Å². The van der Waals surface area contributed by atoms with Crippen LogP contribution in [-0.2, 0) is 9.53 Å². The molecule has 0 saturated carbocycles. The number of halogens is 1. The van der Waals surface area contributed by atoms with Gasteiger partial charge in [-0.05, 0) is 26.0 Å². The normalized spacial score (nSPS) is 10.5. The summed E-state index contributed by atoms with van der Waals surface area (Å²) in [5.74, 6) is -0.550. The molecule has 0 fully saturated rings. The van der Waals surface area contributed by atoms with E-state index in [0.717, 1.165) is 9.88 Å². The van der Waals surface area contributed by atoms with Crippen molar-refractivity contribution in [3.8, 4) is 9.88 Å². The summed E-state index contributed by atoms with van der Waals surface area (Å²) in [6.45, 7) is 4.12. The Morgan fingerprint density at radius 2 is 2.14 bits per heavy atom. The SMILES string of the molecule is CCOC(=O)CCNC(=O)c1sc(-c2ccc(Cl)s2)nc1C.